The van der Waals surface area contributed by atoms with Crippen molar-refractivity contribution in [2.24, 2.45) is 0 Å². The number of ether oxygens (including phenoxy) is 2. The minimum atomic E-state index is -0.0246. The van der Waals surface area contributed by atoms with Gasteiger partial charge in [-0.25, -0.2) is 0 Å². The third-order valence-corrected chi connectivity index (χ3v) is 3.69. The van der Waals surface area contributed by atoms with Crippen LogP contribution >= 0.6 is 11.6 Å². The van der Waals surface area contributed by atoms with E-state index in [1.807, 2.05) is 52.0 Å². The number of nitrogens with one attached hydrogen (secondary N) is 1. The van der Waals surface area contributed by atoms with Gasteiger partial charge >= 0.3 is 0 Å². The first-order valence-corrected chi connectivity index (χ1v) is 7.65. The van der Waals surface area contributed by atoms with Crippen molar-refractivity contribution in [3.8, 4) is 0 Å². The Morgan fingerprint density at radius 1 is 0.952 bits per heavy atom. The number of allylic oxidation sites excluding steroid dienone is 2. The predicted octanol–water partition coefficient (Wildman–Crippen LogP) is 4.56. The van der Waals surface area contributed by atoms with Crippen LogP contribution in [0.4, 0.5) is 0 Å². The maximum Gasteiger partial charge on any atom is 0.130 e. The van der Waals surface area contributed by atoms with E-state index in [0.717, 1.165) is 33.5 Å². The van der Waals surface area contributed by atoms with E-state index >= 15 is 0 Å². The van der Waals surface area contributed by atoms with Gasteiger partial charge in [0, 0.05) is 5.02 Å². The van der Waals surface area contributed by atoms with Gasteiger partial charge in [-0.05, 0) is 45.4 Å². The molecule has 0 unspecified atom stereocenters. The minimum Gasteiger partial charge on any atom is -0.495 e. The lowest BCUT2D eigenvalue weighted by molar-refractivity contribution is 0.157. The zero-order valence-corrected chi connectivity index (χ0v) is 13.8. The zero-order valence-electron chi connectivity index (χ0n) is 13.0. The minimum absolute atomic E-state index is 0.0246. The number of dihydropyridines is 1. The number of halogens is 1. The highest BCUT2D eigenvalue weighted by atomic mass is 35.5. The van der Waals surface area contributed by atoms with Crippen molar-refractivity contribution in [3.05, 3.63) is 57.8 Å². The third-order valence-electron chi connectivity index (χ3n) is 3.44. The molecule has 1 aromatic carbocycles. The van der Waals surface area contributed by atoms with Crippen LogP contribution in [0.1, 0.15) is 39.2 Å². The van der Waals surface area contributed by atoms with Gasteiger partial charge in [-0.3, -0.25) is 0 Å². The quantitative estimate of drug-likeness (QED) is 0.865. The van der Waals surface area contributed by atoms with Crippen LogP contribution in [0.2, 0.25) is 5.02 Å². The fourth-order valence-electron chi connectivity index (χ4n) is 2.61. The molecule has 3 nitrogen and oxygen atoms in total. The van der Waals surface area contributed by atoms with Gasteiger partial charge in [0.05, 0.1) is 24.6 Å². The molecule has 0 atom stereocenters. The summed E-state index contributed by atoms with van der Waals surface area (Å²) in [5, 5.41) is 4.07. The molecule has 21 heavy (non-hydrogen) atoms. The van der Waals surface area contributed by atoms with Gasteiger partial charge in [0.25, 0.3) is 0 Å². The largest absolute Gasteiger partial charge is 0.495 e. The van der Waals surface area contributed by atoms with Crippen LogP contribution in [-0.2, 0) is 9.47 Å². The Bertz CT molecular complexity index is 533. The maximum absolute atomic E-state index is 6.00. The molecule has 1 aliphatic heterocycles. The lowest BCUT2D eigenvalue weighted by Crippen LogP contribution is -2.27. The second-order valence-electron chi connectivity index (χ2n) is 4.95. The first kappa shape index (κ1) is 15.8. The van der Waals surface area contributed by atoms with Crippen molar-refractivity contribution in [2.75, 3.05) is 13.2 Å². The topological polar surface area (TPSA) is 30.5 Å². The molecule has 4 heteroatoms. The summed E-state index contributed by atoms with van der Waals surface area (Å²) in [7, 11) is 0. The molecule has 0 spiro atoms. The molecule has 0 saturated carbocycles. The molecule has 0 radical (unpaired) electrons. The van der Waals surface area contributed by atoms with Crippen LogP contribution in [0.3, 0.4) is 0 Å². The summed E-state index contributed by atoms with van der Waals surface area (Å²) in [4.78, 5) is 0. The SMILES string of the molecule is CCOC1=C(C)NC(C)=C(OCC)C1c1ccc(Cl)cc1. The molecule has 2 rings (SSSR count). The molecule has 0 aromatic heterocycles. The second kappa shape index (κ2) is 6.90. The molecular weight excluding hydrogens is 286 g/mol. The molecule has 0 aliphatic carbocycles. The van der Waals surface area contributed by atoms with Crippen molar-refractivity contribution in [1.82, 2.24) is 5.32 Å². The summed E-state index contributed by atoms with van der Waals surface area (Å²) < 4.78 is 11.8. The Labute approximate surface area is 131 Å². The number of hydrogen-bond donors (Lipinski definition) is 1. The molecule has 0 amide bonds. The zero-order chi connectivity index (χ0) is 15.4. The fraction of sp³-hybridized carbons (Fsp3) is 0.412. The Hall–Kier alpha value is -1.61. The van der Waals surface area contributed by atoms with Gasteiger partial charge in [0.2, 0.25) is 0 Å². The molecule has 114 valence electrons. The highest BCUT2D eigenvalue weighted by Crippen LogP contribution is 2.39. The summed E-state index contributed by atoms with van der Waals surface area (Å²) in [5.74, 6) is 1.80. The fourth-order valence-corrected chi connectivity index (χ4v) is 2.73. The molecule has 1 aromatic rings. The third kappa shape index (κ3) is 3.35. The molecular formula is C17H22ClNO2. The molecule has 0 bridgehead atoms. The number of hydrogen-bond acceptors (Lipinski definition) is 3. The first-order valence-electron chi connectivity index (χ1n) is 7.28. The Morgan fingerprint density at radius 3 is 1.86 bits per heavy atom. The summed E-state index contributed by atoms with van der Waals surface area (Å²) in [6, 6.07) is 7.85. The van der Waals surface area contributed by atoms with Crippen molar-refractivity contribution in [1.29, 1.82) is 0 Å². The van der Waals surface area contributed by atoms with Crippen LogP contribution in [0.15, 0.2) is 47.2 Å². The Balaban J connectivity index is 2.50. The van der Waals surface area contributed by atoms with Crippen molar-refractivity contribution in [3.63, 3.8) is 0 Å². The monoisotopic (exact) mass is 307 g/mol. The molecule has 0 fully saturated rings. The van der Waals surface area contributed by atoms with Gasteiger partial charge in [0.15, 0.2) is 0 Å². The average Bonchev–Trinajstić information content (AvgIpc) is 2.46. The van der Waals surface area contributed by atoms with E-state index < -0.39 is 0 Å². The van der Waals surface area contributed by atoms with Crippen LogP contribution in [0, 0.1) is 0 Å². The van der Waals surface area contributed by atoms with Gasteiger partial charge in [-0.1, -0.05) is 23.7 Å². The Kier molecular flexibility index (Phi) is 5.18. The standard InChI is InChI=1S/C17H22ClNO2/c1-5-20-16-11(3)19-12(4)17(21-6-2)15(16)13-7-9-14(18)10-8-13/h7-10,15,19H,5-6H2,1-4H3. The summed E-state index contributed by atoms with van der Waals surface area (Å²) in [5.41, 5.74) is 3.17. The van der Waals surface area contributed by atoms with E-state index in [2.05, 4.69) is 5.32 Å². The van der Waals surface area contributed by atoms with Crippen LogP contribution in [-0.4, -0.2) is 13.2 Å². The maximum atomic E-state index is 6.00. The van der Waals surface area contributed by atoms with Gasteiger partial charge < -0.3 is 14.8 Å². The molecule has 1 N–H and O–H groups in total. The van der Waals surface area contributed by atoms with Crippen LogP contribution < -0.4 is 5.32 Å². The normalized spacial score (nSPS) is 16.0. The van der Waals surface area contributed by atoms with Gasteiger partial charge in [0.1, 0.15) is 17.4 Å². The predicted molar refractivity (Wildman–Crippen MR) is 86.0 cm³/mol. The lowest BCUT2D eigenvalue weighted by atomic mass is 9.90. The van der Waals surface area contributed by atoms with E-state index in [0.29, 0.717) is 13.2 Å². The molecule has 0 saturated heterocycles. The second-order valence-corrected chi connectivity index (χ2v) is 5.39. The van der Waals surface area contributed by atoms with Crippen molar-refractivity contribution >= 4 is 11.6 Å². The van der Waals surface area contributed by atoms with Crippen LogP contribution in [0.5, 0.6) is 0 Å². The number of benzene rings is 1. The van der Waals surface area contributed by atoms with E-state index in [9.17, 15) is 0 Å². The highest BCUT2D eigenvalue weighted by Gasteiger charge is 2.31. The lowest BCUT2D eigenvalue weighted by Gasteiger charge is -2.31. The van der Waals surface area contributed by atoms with Gasteiger partial charge in [-0.2, -0.15) is 0 Å². The number of rotatable bonds is 5. The Morgan fingerprint density at radius 2 is 1.43 bits per heavy atom. The average molecular weight is 308 g/mol. The highest BCUT2D eigenvalue weighted by molar-refractivity contribution is 6.30. The summed E-state index contributed by atoms with van der Waals surface area (Å²) >= 11 is 6.00. The summed E-state index contributed by atoms with van der Waals surface area (Å²) in [6.45, 7) is 9.28. The first-order chi connectivity index (χ1) is 10.1. The summed E-state index contributed by atoms with van der Waals surface area (Å²) in [6.07, 6.45) is 0. The van der Waals surface area contributed by atoms with Crippen molar-refractivity contribution in [2.45, 2.75) is 33.6 Å². The molecule has 1 heterocycles. The van der Waals surface area contributed by atoms with E-state index in [-0.39, 0.29) is 5.92 Å². The van der Waals surface area contributed by atoms with Crippen LogP contribution in [0.25, 0.3) is 0 Å². The van der Waals surface area contributed by atoms with E-state index in [4.69, 9.17) is 21.1 Å². The van der Waals surface area contributed by atoms with E-state index in [1.165, 1.54) is 0 Å². The molecule has 1 aliphatic rings. The van der Waals surface area contributed by atoms with Gasteiger partial charge in [-0.15, -0.1) is 0 Å². The smallest absolute Gasteiger partial charge is 0.130 e. The van der Waals surface area contributed by atoms with E-state index in [1.54, 1.807) is 0 Å². The van der Waals surface area contributed by atoms with Crippen molar-refractivity contribution < 1.29 is 9.47 Å².